The summed E-state index contributed by atoms with van der Waals surface area (Å²) in [5, 5.41) is 10.7. The van der Waals surface area contributed by atoms with Crippen LogP contribution < -0.4 is 5.32 Å². The van der Waals surface area contributed by atoms with Crippen LogP contribution in [-0.2, 0) is 0 Å². The van der Waals surface area contributed by atoms with Crippen LogP contribution in [0.25, 0.3) is 0 Å². The third kappa shape index (κ3) is 1.85. The molecule has 1 aliphatic heterocycles. The lowest BCUT2D eigenvalue weighted by Gasteiger charge is -2.44. The second-order valence-corrected chi connectivity index (χ2v) is 5.90. The van der Waals surface area contributed by atoms with E-state index in [9.17, 15) is 4.79 Å². The zero-order valence-electron chi connectivity index (χ0n) is 10.7. The number of nitrogens with one attached hydrogen (secondary N) is 2. The van der Waals surface area contributed by atoms with Crippen LogP contribution in [0.3, 0.4) is 0 Å². The summed E-state index contributed by atoms with van der Waals surface area (Å²) in [4.78, 5) is 13.6. The van der Waals surface area contributed by atoms with Gasteiger partial charge in [0.1, 0.15) is 11.4 Å². The van der Waals surface area contributed by atoms with Gasteiger partial charge in [-0.1, -0.05) is 19.9 Å². The molecule has 2 fully saturated rings. The molecule has 1 saturated carbocycles. The molecule has 4 heteroatoms. The van der Waals surface area contributed by atoms with Crippen molar-refractivity contribution in [3.63, 3.8) is 0 Å². The lowest BCUT2D eigenvalue weighted by atomic mass is 9.68. The Morgan fingerprint density at radius 2 is 2.00 bits per heavy atom. The molecule has 0 unspecified atom stereocenters. The summed E-state index contributed by atoms with van der Waals surface area (Å²) in [7, 11) is 0. The summed E-state index contributed by atoms with van der Waals surface area (Å²) < 4.78 is 0. The molecular formula is C13H21N3O. The third-order valence-electron chi connectivity index (χ3n) is 4.20. The monoisotopic (exact) mass is 235 g/mol. The summed E-state index contributed by atoms with van der Waals surface area (Å²) in [5.41, 5.74) is -0.0577. The lowest BCUT2D eigenvalue weighted by molar-refractivity contribution is 0.108. The van der Waals surface area contributed by atoms with Crippen LogP contribution in [0, 0.1) is 10.8 Å². The predicted octanol–water partition coefficient (Wildman–Crippen LogP) is 2.51. The molecule has 2 aliphatic rings. The number of amides is 2. The quantitative estimate of drug-likeness (QED) is 0.710. The normalized spacial score (nSPS) is 26.1. The fourth-order valence-electron chi connectivity index (χ4n) is 2.87. The number of hydrogen-bond donors (Lipinski definition) is 2. The van der Waals surface area contributed by atoms with E-state index in [1.54, 1.807) is 11.0 Å². The Hall–Kier alpha value is -1.32. The standard InChI is InChI=1S/C13H21N3O/c1-4-9-16-11(17)15-10(14)13(16)7-5-12(2,3)6-8-13/h4H,1,5-9H2,2-3H3,(H2,14,15,17). The Kier molecular flexibility index (Phi) is 2.76. The van der Waals surface area contributed by atoms with Crippen LogP contribution in [0.2, 0.25) is 0 Å². The molecule has 0 atom stereocenters. The van der Waals surface area contributed by atoms with E-state index in [4.69, 9.17) is 5.41 Å². The summed E-state index contributed by atoms with van der Waals surface area (Å²) in [5.74, 6) is 0.375. The number of carbonyl (C=O) groups excluding carboxylic acids is 1. The first kappa shape index (κ1) is 12.1. The highest BCUT2D eigenvalue weighted by molar-refractivity contribution is 6.08. The van der Waals surface area contributed by atoms with Crippen molar-refractivity contribution in [1.82, 2.24) is 10.2 Å². The van der Waals surface area contributed by atoms with Crippen molar-refractivity contribution >= 4 is 11.9 Å². The molecule has 2 amide bonds. The highest BCUT2D eigenvalue weighted by Gasteiger charge is 2.52. The first-order chi connectivity index (χ1) is 7.91. The average Bonchev–Trinajstić information content (AvgIpc) is 2.47. The maximum Gasteiger partial charge on any atom is 0.323 e. The predicted molar refractivity (Wildman–Crippen MR) is 68.1 cm³/mol. The first-order valence-corrected chi connectivity index (χ1v) is 6.20. The van der Waals surface area contributed by atoms with Crippen molar-refractivity contribution in [3.05, 3.63) is 12.7 Å². The average molecular weight is 235 g/mol. The van der Waals surface area contributed by atoms with E-state index in [1.165, 1.54) is 0 Å². The third-order valence-corrected chi connectivity index (χ3v) is 4.20. The summed E-state index contributed by atoms with van der Waals surface area (Å²) >= 11 is 0. The van der Waals surface area contributed by atoms with Gasteiger partial charge >= 0.3 is 6.03 Å². The molecule has 0 aromatic carbocycles. The topological polar surface area (TPSA) is 56.2 Å². The molecule has 1 heterocycles. The van der Waals surface area contributed by atoms with Gasteiger partial charge in [-0.15, -0.1) is 6.58 Å². The molecule has 1 aliphatic carbocycles. The van der Waals surface area contributed by atoms with Gasteiger partial charge in [-0.3, -0.25) is 10.7 Å². The van der Waals surface area contributed by atoms with E-state index >= 15 is 0 Å². The second-order valence-electron chi connectivity index (χ2n) is 5.90. The zero-order valence-corrected chi connectivity index (χ0v) is 10.7. The van der Waals surface area contributed by atoms with Crippen LogP contribution in [-0.4, -0.2) is 28.9 Å². The Balaban J connectivity index is 2.25. The maximum atomic E-state index is 11.8. The van der Waals surface area contributed by atoms with Crippen LogP contribution in [0.5, 0.6) is 0 Å². The molecule has 2 rings (SSSR count). The van der Waals surface area contributed by atoms with Crippen LogP contribution >= 0.6 is 0 Å². The van der Waals surface area contributed by atoms with Gasteiger partial charge in [0.25, 0.3) is 0 Å². The molecule has 0 bridgehead atoms. The van der Waals surface area contributed by atoms with Gasteiger partial charge in [0.05, 0.1) is 0 Å². The Bertz CT molecular complexity index is 363. The van der Waals surface area contributed by atoms with Crippen LogP contribution in [0.1, 0.15) is 39.5 Å². The van der Waals surface area contributed by atoms with E-state index in [-0.39, 0.29) is 11.6 Å². The van der Waals surface area contributed by atoms with Crippen molar-refractivity contribution in [1.29, 1.82) is 5.41 Å². The minimum atomic E-state index is -0.388. The van der Waals surface area contributed by atoms with E-state index in [0.29, 0.717) is 17.8 Å². The molecular weight excluding hydrogens is 214 g/mol. The fourth-order valence-corrected chi connectivity index (χ4v) is 2.87. The molecule has 17 heavy (non-hydrogen) atoms. The molecule has 0 aromatic heterocycles. The zero-order chi connectivity index (χ0) is 12.7. The largest absolute Gasteiger partial charge is 0.323 e. The van der Waals surface area contributed by atoms with Gasteiger partial charge < -0.3 is 4.90 Å². The SMILES string of the molecule is C=CCN1C(=O)NC(=N)C12CCC(C)(C)CC2. The van der Waals surface area contributed by atoms with E-state index in [1.807, 2.05) is 0 Å². The molecule has 2 N–H and O–H groups in total. The Labute approximate surface area is 103 Å². The van der Waals surface area contributed by atoms with Crippen LogP contribution in [0.15, 0.2) is 12.7 Å². The molecule has 1 spiro atoms. The van der Waals surface area contributed by atoms with Gasteiger partial charge in [0, 0.05) is 6.54 Å². The number of amidine groups is 1. The van der Waals surface area contributed by atoms with Crippen molar-refractivity contribution in [2.24, 2.45) is 5.41 Å². The van der Waals surface area contributed by atoms with E-state index in [2.05, 4.69) is 25.7 Å². The van der Waals surface area contributed by atoms with Crippen LogP contribution in [0.4, 0.5) is 4.79 Å². The van der Waals surface area contributed by atoms with E-state index < -0.39 is 0 Å². The van der Waals surface area contributed by atoms with Gasteiger partial charge in [-0.25, -0.2) is 4.79 Å². The van der Waals surface area contributed by atoms with Gasteiger partial charge in [0.15, 0.2) is 0 Å². The lowest BCUT2D eigenvalue weighted by Crippen LogP contribution is -2.52. The maximum absolute atomic E-state index is 11.8. The number of urea groups is 1. The highest BCUT2D eigenvalue weighted by atomic mass is 16.2. The van der Waals surface area contributed by atoms with Gasteiger partial charge in [0.2, 0.25) is 0 Å². The van der Waals surface area contributed by atoms with Gasteiger partial charge in [-0.2, -0.15) is 0 Å². The Morgan fingerprint density at radius 1 is 1.41 bits per heavy atom. The molecule has 0 radical (unpaired) electrons. The summed E-state index contributed by atoms with van der Waals surface area (Å²) in [6.07, 6.45) is 5.60. The van der Waals surface area contributed by atoms with Crippen molar-refractivity contribution < 1.29 is 4.79 Å². The number of nitrogens with zero attached hydrogens (tertiary/aromatic N) is 1. The highest BCUT2D eigenvalue weighted by Crippen LogP contribution is 2.44. The minimum Gasteiger partial charge on any atom is -0.308 e. The number of carbonyl (C=O) groups is 1. The number of hydrogen-bond acceptors (Lipinski definition) is 2. The second kappa shape index (κ2) is 3.86. The molecule has 4 nitrogen and oxygen atoms in total. The molecule has 1 saturated heterocycles. The smallest absolute Gasteiger partial charge is 0.308 e. The van der Waals surface area contributed by atoms with Crippen molar-refractivity contribution in [2.45, 2.75) is 45.1 Å². The van der Waals surface area contributed by atoms with E-state index in [0.717, 1.165) is 25.7 Å². The molecule has 94 valence electrons. The van der Waals surface area contributed by atoms with Crippen molar-refractivity contribution in [2.75, 3.05) is 6.54 Å². The fraction of sp³-hybridized carbons (Fsp3) is 0.692. The minimum absolute atomic E-state index is 0.144. The summed E-state index contributed by atoms with van der Waals surface area (Å²) in [6.45, 7) is 8.73. The number of rotatable bonds is 2. The van der Waals surface area contributed by atoms with Crippen molar-refractivity contribution in [3.8, 4) is 0 Å². The molecule has 0 aromatic rings. The first-order valence-electron chi connectivity index (χ1n) is 6.20. The Morgan fingerprint density at radius 3 is 2.53 bits per heavy atom. The van der Waals surface area contributed by atoms with Gasteiger partial charge in [-0.05, 0) is 31.1 Å². The summed E-state index contributed by atoms with van der Waals surface area (Å²) in [6, 6.07) is -0.144.